The fraction of sp³-hybridized carbons (Fsp3) is 0.0909. The molecular weight excluding hydrogens is 230 g/mol. The SMILES string of the molecule is C=C(Cc1ccc([N+](=O)[O-])cc1)NC=C(F)F. The Balaban J connectivity index is 2.60. The van der Waals surface area contributed by atoms with E-state index in [-0.39, 0.29) is 5.69 Å². The van der Waals surface area contributed by atoms with Gasteiger partial charge in [-0.25, -0.2) is 0 Å². The van der Waals surface area contributed by atoms with Crippen LogP contribution >= 0.6 is 0 Å². The summed E-state index contributed by atoms with van der Waals surface area (Å²) in [7, 11) is 0. The van der Waals surface area contributed by atoms with Crippen LogP contribution in [-0.4, -0.2) is 4.92 Å². The summed E-state index contributed by atoms with van der Waals surface area (Å²) in [6.07, 6.45) is -0.968. The number of benzene rings is 1. The highest BCUT2D eigenvalue weighted by Gasteiger charge is 2.04. The van der Waals surface area contributed by atoms with Crippen molar-refractivity contribution >= 4 is 5.69 Å². The van der Waals surface area contributed by atoms with Gasteiger partial charge in [-0.05, 0) is 5.56 Å². The van der Waals surface area contributed by atoms with Gasteiger partial charge in [0.05, 0.1) is 11.1 Å². The Morgan fingerprint density at radius 1 is 1.41 bits per heavy atom. The van der Waals surface area contributed by atoms with Crippen LogP contribution in [0, 0.1) is 10.1 Å². The van der Waals surface area contributed by atoms with Crippen LogP contribution in [0.3, 0.4) is 0 Å². The van der Waals surface area contributed by atoms with E-state index in [2.05, 4.69) is 11.9 Å². The molecule has 0 saturated heterocycles. The van der Waals surface area contributed by atoms with E-state index in [1.54, 1.807) is 12.1 Å². The minimum absolute atomic E-state index is 0.0120. The van der Waals surface area contributed by atoms with Gasteiger partial charge in [0.25, 0.3) is 11.8 Å². The van der Waals surface area contributed by atoms with Crippen LogP contribution in [0.2, 0.25) is 0 Å². The van der Waals surface area contributed by atoms with Gasteiger partial charge >= 0.3 is 0 Å². The molecular formula is C11H10F2N2O2. The highest BCUT2D eigenvalue weighted by Crippen LogP contribution is 2.13. The molecule has 1 aromatic carbocycles. The molecule has 0 aliphatic heterocycles. The average Bonchev–Trinajstić information content (AvgIpc) is 2.27. The first kappa shape index (κ1) is 12.8. The van der Waals surface area contributed by atoms with E-state index >= 15 is 0 Å². The molecule has 1 aromatic rings. The predicted molar refractivity (Wildman–Crippen MR) is 59.4 cm³/mol. The van der Waals surface area contributed by atoms with Gasteiger partial charge in [0.2, 0.25) is 0 Å². The molecule has 0 atom stereocenters. The number of nitrogens with one attached hydrogen (secondary N) is 1. The van der Waals surface area contributed by atoms with Crippen molar-refractivity contribution in [1.29, 1.82) is 0 Å². The zero-order chi connectivity index (χ0) is 12.8. The maximum Gasteiger partial charge on any atom is 0.286 e. The first-order valence-corrected chi connectivity index (χ1v) is 4.68. The Morgan fingerprint density at radius 3 is 2.47 bits per heavy atom. The fourth-order valence-electron chi connectivity index (χ4n) is 1.19. The normalized spacial score (nSPS) is 9.53. The van der Waals surface area contributed by atoms with Crippen LogP contribution < -0.4 is 5.32 Å². The number of nitrogens with zero attached hydrogens (tertiary/aromatic N) is 1. The summed E-state index contributed by atoms with van der Waals surface area (Å²) in [6, 6.07) is 5.82. The van der Waals surface area contributed by atoms with E-state index in [4.69, 9.17) is 0 Å². The lowest BCUT2D eigenvalue weighted by Gasteiger charge is -2.04. The molecule has 90 valence electrons. The van der Waals surface area contributed by atoms with Crippen molar-refractivity contribution < 1.29 is 13.7 Å². The van der Waals surface area contributed by atoms with Crippen molar-refractivity contribution in [3.05, 3.63) is 64.5 Å². The largest absolute Gasteiger partial charge is 0.361 e. The molecule has 0 saturated carbocycles. The molecule has 1 N–H and O–H groups in total. The number of rotatable bonds is 5. The van der Waals surface area contributed by atoms with Gasteiger partial charge in [-0.15, -0.1) is 0 Å². The number of nitro groups is 1. The average molecular weight is 240 g/mol. The lowest BCUT2D eigenvalue weighted by Crippen LogP contribution is -2.06. The van der Waals surface area contributed by atoms with Crippen molar-refractivity contribution in [3.63, 3.8) is 0 Å². The molecule has 4 nitrogen and oxygen atoms in total. The second-order valence-electron chi connectivity index (χ2n) is 3.28. The molecule has 0 amide bonds. The van der Waals surface area contributed by atoms with E-state index in [9.17, 15) is 18.9 Å². The third kappa shape index (κ3) is 4.42. The third-order valence-corrected chi connectivity index (χ3v) is 1.95. The van der Waals surface area contributed by atoms with Crippen molar-refractivity contribution in [2.45, 2.75) is 6.42 Å². The molecule has 6 heteroatoms. The zero-order valence-electron chi connectivity index (χ0n) is 8.82. The maximum atomic E-state index is 11.8. The molecule has 0 unspecified atom stereocenters. The number of hydrogen-bond acceptors (Lipinski definition) is 3. The molecule has 17 heavy (non-hydrogen) atoms. The second-order valence-corrected chi connectivity index (χ2v) is 3.28. The van der Waals surface area contributed by atoms with Gasteiger partial charge in [0.1, 0.15) is 0 Å². The fourth-order valence-corrected chi connectivity index (χ4v) is 1.19. The van der Waals surface area contributed by atoms with E-state index in [1.165, 1.54) is 12.1 Å². The summed E-state index contributed by atoms with van der Waals surface area (Å²) in [5, 5.41) is 12.7. The van der Waals surface area contributed by atoms with Crippen LogP contribution in [0.15, 0.2) is 48.8 Å². The van der Waals surface area contributed by atoms with Crippen LogP contribution in [-0.2, 0) is 6.42 Å². The van der Waals surface area contributed by atoms with Crippen LogP contribution in [0.25, 0.3) is 0 Å². The molecule has 0 spiro atoms. The van der Waals surface area contributed by atoms with Gasteiger partial charge in [0, 0.05) is 24.3 Å². The topological polar surface area (TPSA) is 55.2 Å². The van der Waals surface area contributed by atoms with Gasteiger partial charge < -0.3 is 5.32 Å². The molecule has 0 aliphatic carbocycles. The van der Waals surface area contributed by atoms with E-state index < -0.39 is 11.0 Å². The summed E-state index contributed by atoms with van der Waals surface area (Å²) in [5.41, 5.74) is 1.12. The minimum atomic E-state index is -1.84. The summed E-state index contributed by atoms with van der Waals surface area (Å²) >= 11 is 0. The highest BCUT2D eigenvalue weighted by atomic mass is 19.3. The Labute approximate surface area is 96.4 Å². The monoisotopic (exact) mass is 240 g/mol. The maximum absolute atomic E-state index is 11.8. The van der Waals surface area contributed by atoms with Crippen molar-refractivity contribution in [2.24, 2.45) is 0 Å². The van der Waals surface area contributed by atoms with Crippen LogP contribution in [0.4, 0.5) is 14.5 Å². The van der Waals surface area contributed by atoms with Gasteiger partial charge in [-0.2, -0.15) is 8.78 Å². The van der Waals surface area contributed by atoms with Crippen molar-refractivity contribution in [2.75, 3.05) is 0 Å². The Bertz CT molecular complexity index is 451. The summed E-state index contributed by atoms with van der Waals surface area (Å²) < 4.78 is 23.5. The highest BCUT2D eigenvalue weighted by molar-refractivity contribution is 5.34. The minimum Gasteiger partial charge on any atom is -0.361 e. The van der Waals surface area contributed by atoms with E-state index in [1.807, 2.05) is 0 Å². The first-order valence-electron chi connectivity index (χ1n) is 4.68. The smallest absolute Gasteiger partial charge is 0.286 e. The molecule has 0 fully saturated rings. The standard InChI is InChI=1S/C11H10F2N2O2/c1-8(14-7-11(12)13)6-9-2-4-10(5-3-9)15(16)17/h2-5,7,14H,1,6H2. The lowest BCUT2D eigenvalue weighted by molar-refractivity contribution is -0.384. The number of non-ortho nitro benzene ring substituents is 1. The van der Waals surface area contributed by atoms with Gasteiger partial charge in [-0.3, -0.25) is 10.1 Å². The molecule has 0 heterocycles. The number of nitro benzene ring substituents is 1. The van der Waals surface area contributed by atoms with Crippen LogP contribution in [0.1, 0.15) is 5.56 Å². The van der Waals surface area contributed by atoms with Gasteiger partial charge in [-0.1, -0.05) is 18.7 Å². The Morgan fingerprint density at radius 2 is 2.00 bits per heavy atom. The molecule has 0 radical (unpaired) electrons. The first-order chi connectivity index (χ1) is 7.99. The number of halogens is 2. The number of hydrogen-bond donors (Lipinski definition) is 1. The van der Waals surface area contributed by atoms with Gasteiger partial charge in [0.15, 0.2) is 0 Å². The van der Waals surface area contributed by atoms with Crippen molar-refractivity contribution in [3.8, 4) is 0 Å². The summed E-state index contributed by atoms with van der Waals surface area (Å²) in [6.45, 7) is 3.56. The second kappa shape index (κ2) is 5.74. The quantitative estimate of drug-likeness (QED) is 0.635. The third-order valence-electron chi connectivity index (χ3n) is 1.95. The molecule has 1 rings (SSSR count). The molecule has 0 bridgehead atoms. The molecule has 0 aliphatic rings. The Hall–Kier alpha value is -2.24. The Kier molecular flexibility index (Phi) is 4.33. The summed E-state index contributed by atoms with van der Waals surface area (Å²) in [5.74, 6) is 0. The molecule has 0 aromatic heterocycles. The lowest BCUT2D eigenvalue weighted by atomic mass is 10.1. The summed E-state index contributed by atoms with van der Waals surface area (Å²) in [4.78, 5) is 9.89. The van der Waals surface area contributed by atoms with Crippen molar-refractivity contribution in [1.82, 2.24) is 5.32 Å². The zero-order valence-corrected chi connectivity index (χ0v) is 8.82. The van der Waals surface area contributed by atoms with Crippen LogP contribution in [0.5, 0.6) is 0 Å². The van der Waals surface area contributed by atoms with E-state index in [0.717, 1.165) is 5.56 Å². The predicted octanol–water partition coefficient (Wildman–Crippen LogP) is 2.98. The number of allylic oxidation sites excluding steroid dienone is 1. The van der Waals surface area contributed by atoms with E-state index in [0.29, 0.717) is 18.3 Å².